The SMILES string of the molecule is CC(=O)O[C@@H](C)C=CC(=O)N[C@@H]1C[C@H](C)[C@H](CC=C(C)C=C[C@H]2O[C@H](CNC(=O)CCNC(=O)OCC3c4ccccc4-c4ccccc43)C[C@@]3(CO3)[C@@H]2O)O[C@@H]1C. The van der Waals surface area contributed by atoms with Gasteiger partial charge in [0, 0.05) is 44.8 Å². The normalized spacial score (nSPS) is 28.4. The summed E-state index contributed by atoms with van der Waals surface area (Å²) >= 11 is 0. The molecule has 3 heterocycles. The molecule has 4 N–H and O–H groups in total. The molecule has 0 saturated carbocycles. The molecule has 3 amide bonds. The first kappa shape index (κ1) is 42.8. The molecule has 0 radical (unpaired) electrons. The predicted octanol–water partition coefficient (Wildman–Crippen LogP) is 5.02. The first-order valence-electron chi connectivity index (χ1n) is 20.3. The number of ether oxygens (including phenoxy) is 5. The number of nitrogens with one attached hydrogen (secondary N) is 3. The number of alkyl carbamates (subject to hydrolysis) is 1. The second kappa shape index (κ2) is 19.3. The third kappa shape index (κ3) is 11.0. The van der Waals surface area contributed by atoms with Crippen LogP contribution in [0.1, 0.15) is 77.3 Å². The molecule has 13 heteroatoms. The Morgan fingerprint density at radius 3 is 2.34 bits per heavy atom. The van der Waals surface area contributed by atoms with Crippen molar-refractivity contribution in [1.82, 2.24) is 16.0 Å². The zero-order chi connectivity index (χ0) is 41.4. The summed E-state index contributed by atoms with van der Waals surface area (Å²) in [5, 5.41) is 19.7. The number of carbonyl (C=O) groups is 4. The molecule has 2 aromatic rings. The number of hydrogen-bond acceptors (Lipinski definition) is 10. The van der Waals surface area contributed by atoms with Crippen molar-refractivity contribution in [2.75, 3.05) is 26.3 Å². The lowest BCUT2D eigenvalue weighted by Gasteiger charge is -2.39. The van der Waals surface area contributed by atoms with Crippen LogP contribution in [0.4, 0.5) is 4.79 Å². The Bertz CT molecular complexity index is 1840. The van der Waals surface area contributed by atoms with E-state index in [0.717, 1.165) is 34.2 Å². The third-order valence-corrected chi connectivity index (χ3v) is 11.4. The monoisotopic (exact) mass is 799 g/mol. The van der Waals surface area contributed by atoms with E-state index in [9.17, 15) is 24.3 Å². The maximum Gasteiger partial charge on any atom is 0.407 e. The fourth-order valence-corrected chi connectivity index (χ4v) is 8.13. The topological polar surface area (TPSA) is 174 Å². The van der Waals surface area contributed by atoms with Crippen LogP contribution in [0.2, 0.25) is 0 Å². The van der Waals surface area contributed by atoms with Crippen LogP contribution < -0.4 is 16.0 Å². The lowest BCUT2D eigenvalue weighted by Crippen LogP contribution is -2.52. The molecule has 3 fully saturated rings. The van der Waals surface area contributed by atoms with E-state index in [0.29, 0.717) is 19.4 Å². The van der Waals surface area contributed by atoms with Crippen LogP contribution in [0.25, 0.3) is 11.1 Å². The van der Waals surface area contributed by atoms with E-state index in [4.69, 9.17) is 23.7 Å². The number of allylic oxidation sites excluding steroid dienone is 2. The molecule has 13 nitrogen and oxygen atoms in total. The lowest BCUT2D eigenvalue weighted by atomic mass is 9.87. The number of esters is 1. The van der Waals surface area contributed by atoms with Crippen LogP contribution in [0, 0.1) is 5.92 Å². The van der Waals surface area contributed by atoms with E-state index in [1.807, 2.05) is 50.3 Å². The van der Waals surface area contributed by atoms with Gasteiger partial charge in [0.25, 0.3) is 0 Å². The molecule has 3 saturated heterocycles. The summed E-state index contributed by atoms with van der Waals surface area (Å²) in [5.41, 5.74) is 4.85. The van der Waals surface area contributed by atoms with Gasteiger partial charge in [0.05, 0.1) is 31.0 Å². The van der Waals surface area contributed by atoms with Gasteiger partial charge in [-0.3, -0.25) is 14.4 Å². The maximum absolute atomic E-state index is 12.7. The number of fused-ring (bicyclic) bond motifs is 3. The van der Waals surface area contributed by atoms with Gasteiger partial charge in [0.1, 0.15) is 30.5 Å². The standard InChI is InChI=1S/C45H57N3O10/c1-27(14-17-39-28(2)22-38(30(4)57-39)48-42(51)19-16-29(3)56-31(5)49)15-18-40-43(52)45(26-55-45)23-32(58-40)24-47-41(50)20-21-46-44(53)54-25-37-35-12-8-6-10-33(35)34-11-7-9-13-36(34)37/h6-16,18-19,28-30,32,37-40,43,52H,17,20-26H2,1-5H3,(H,46,53)(H,47,50)(H,48,51)/t28-,29-,30+,32-,38+,39-,40+,43+,45+/m0/s1. The van der Waals surface area contributed by atoms with E-state index in [1.54, 1.807) is 13.0 Å². The quantitative estimate of drug-likeness (QED) is 0.0830. The summed E-state index contributed by atoms with van der Waals surface area (Å²) < 4.78 is 28.9. The molecule has 1 spiro atoms. The zero-order valence-electron chi connectivity index (χ0n) is 34.0. The first-order chi connectivity index (χ1) is 27.8. The van der Waals surface area contributed by atoms with Crippen molar-refractivity contribution in [3.05, 3.63) is 95.6 Å². The number of aliphatic hydroxyl groups excluding tert-OH is 1. The molecule has 0 aromatic heterocycles. The Morgan fingerprint density at radius 2 is 1.67 bits per heavy atom. The molecule has 58 heavy (non-hydrogen) atoms. The van der Waals surface area contributed by atoms with Crippen molar-refractivity contribution in [2.24, 2.45) is 5.92 Å². The smallest absolute Gasteiger partial charge is 0.407 e. The molecule has 6 rings (SSSR count). The number of rotatable bonds is 15. The third-order valence-electron chi connectivity index (χ3n) is 11.4. The van der Waals surface area contributed by atoms with E-state index < -0.39 is 36.0 Å². The highest BCUT2D eigenvalue weighted by Gasteiger charge is 2.58. The van der Waals surface area contributed by atoms with Crippen LogP contribution in [-0.4, -0.2) is 104 Å². The largest absolute Gasteiger partial charge is 0.459 e. The number of aliphatic hydroxyl groups is 1. The van der Waals surface area contributed by atoms with Crippen LogP contribution in [0.3, 0.4) is 0 Å². The molecule has 312 valence electrons. The van der Waals surface area contributed by atoms with E-state index in [-0.39, 0.29) is 74.1 Å². The van der Waals surface area contributed by atoms with E-state index >= 15 is 0 Å². The van der Waals surface area contributed by atoms with Crippen molar-refractivity contribution in [3.63, 3.8) is 0 Å². The molecular weight excluding hydrogens is 743 g/mol. The summed E-state index contributed by atoms with van der Waals surface area (Å²) in [6.07, 6.45) is 7.59. The second-order valence-corrected chi connectivity index (χ2v) is 16.0. The van der Waals surface area contributed by atoms with Crippen LogP contribution in [0.5, 0.6) is 0 Å². The van der Waals surface area contributed by atoms with Gasteiger partial charge in [-0.25, -0.2) is 4.79 Å². The minimum absolute atomic E-state index is 0.0345. The minimum Gasteiger partial charge on any atom is -0.459 e. The van der Waals surface area contributed by atoms with Crippen LogP contribution in [0.15, 0.2) is 84.5 Å². The summed E-state index contributed by atoms with van der Waals surface area (Å²) in [5.74, 6) is -0.766. The van der Waals surface area contributed by atoms with Gasteiger partial charge >= 0.3 is 12.1 Å². The lowest BCUT2D eigenvalue weighted by molar-refractivity contribution is -0.143. The fraction of sp³-hybridized carbons (Fsp3) is 0.511. The van der Waals surface area contributed by atoms with Gasteiger partial charge in [-0.15, -0.1) is 0 Å². The molecule has 0 bridgehead atoms. The van der Waals surface area contributed by atoms with Crippen LogP contribution in [-0.2, 0) is 38.1 Å². The minimum atomic E-state index is -0.848. The van der Waals surface area contributed by atoms with Gasteiger partial charge < -0.3 is 44.7 Å². The Balaban J connectivity index is 0.905. The highest BCUT2D eigenvalue weighted by Crippen LogP contribution is 2.45. The molecule has 3 aliphatic heterocycles. The summed E-state index contributed by atoms with van der Waals surface area (Å²) in [6, 6.07) is 16.1. The Morgan fingerprint density at radius 1 is 0.983 bits per heavy atom. The van der Waals surface area contributed by atoms with E-state index in [1.165, 1.54) is 13.0 Å². The second-order valence-electron chi connectivity index (χ2n) is 16.0. The Hall–Kier alpha value is -4.82. The molecule has 0 unspecified atom stereocenters. The zero-order valence-corrected chi connectivity index (χ0v) is 34.0. The van der Waals surface area contributed by atoms with Crippen molar-refractivity contribution in [2.45, 2.75) is 114 Å². The fourth-order valence-electron chi connectivity index (χ4n) is 8.13. The number of epoxide rings is 1. The Labute approximate surface area is 340 Å². The van der Waals surface area contributed by atoms with Gasteiger partial charge in [-0.05, 0) is 67.9 Å². The van der Waals surface area contributed by atoms with Crippen molar-refractivity contribution >= 4 is 23.9 Å². The van der Waals surface area contributed by atoms with Gasteiger partial charge in [0.15, 0.2) is 0 Å². The highest BCUT2D eigenvalue weighted by atomic mass is 16.6. The maximum atomic E-state index is 12.7. The molecule has 2 aromatic carbocycles. The van der Waals surface area contributed by atoms with Crippen molar-refractivity contribution in [3.8, 4) is 11.1 Å². The van der Waals surface area contributed by atoms with Gasteiger partial charge in [-0.2, -0.15) is 0 Å². The van der Waals surface area contributed by atoms with Gasteiger partial charge in [0.2, 0.25) is 11.8 Å². The summed E-state index contributed by atoms with van der Waals surface area (Å²) in [4.78, 5) is 48.9. The molecule has 9 atom stereocenters. The molecular formula is C45H57N3O10. The van der Waals surface area contributed by atoms with Crippen molar-refractivity contribution in [1.29, 1.82) is 0 Å². The van der Waals surface area contributed by atoms with Gasteiger partial charge in [-0.1, -0.05) is 79.3 Å². The molecule has 1 aliphatic carbocycles. The predicted molar refractivity (Wildman–Crippen MR) is 217 cm³/mol. The average molecular weight is 800 g/mol. The highest BCUT2D eigenvalue weighted by molar-refractivity contribution is 5.88. The van der Waals surface area contributed by atoms with Crippen molar-refractivity contribution < 1.29 is 48.0 Å². The average Bonchev–Trinajstić information content (AvgIpc) is 3.90. The number of amides is 3. The number of benzene rings is 2. The van der Waals surface area contributed by atoms with Crippen LogP contribution >= 0.6 is 0 Å². The summed E-state index contributed by atoms with van der Waals surface area (Å²) in [7, 11) is 0. The number of hydrogen-bond donors (Lipinski definition) is 4. The molecule has 4 aliphatic rings. The van der Waals surface area contributed by atoms with E-state index in [2.05, 4.69) is 53.2 Å². The Kier molecular flexibility index (Phi) is 14.2. The number of carbonyl (C=O) groups excluding carboxylic acids is 4. The first-order valence-corrected chi connectivity index (χ1v) is 20.3. The summed E-state index contributed by atoms with van der Waals surface area (Å²) in [6.45, 7) is 10.0.